The van der Waals surface area contributed by atoms with Crippen molar-refractivity contribution in [2.45, 2.75) is 30.6 Å². The number of hydrogen-bond acceptors (Lipinski definition) is 6. The van der Waals surface area contributed by atoms with Crippen LogP contribution in [0.4, 0.5) is 11.6 Å². The number of rotatable bonds is 4. The van der Waals surface area contributed by atoms with E-state index >= 15 is 0 Å². The van der Waals surface area contributed by atoms with Crippen LogP contribution in [0.15, 0.2) is 35.2 Å². The minimum atomic E-state index is -3.61. The smallest absolute Gasteiger partial charge is 0.243 e. The quantitative estimate of drug-likeness (QED) is 0.679. The molecule has 2 aliphatic heterocycles. The fourth-order valence-electron chi connectivity index (χ4n) is 3.90. The van der Waals surface area contributed by atoms with Crippen LogP contribution in [-0.2, 0) is 10.0 Å². The highest BCUT2D eigenvalue weighted by Gasteiger charge is 2.29. The van der Waals surface area contributed by atoms with Crippen molar-refractivity contribution in [1.29, 1.82) is 0 Å². The molecule has 0 bridgehead atoms. The van der Waals surface area contributed by atoms with Crippen LogP contribution in [0.2, 0.25) is 10.0 Å². The molecular formula is C20H25Cl2N5O2S. The van der Waals surface area contributed by atoms with Crippen molar-refractivity contribution in [2.75, 3.05) is 49.1 Å². The number of benzene rings is 1. The van der Waals surface area contributed by atoms with Gasteiger partial charge in [-0.05, 0) is 43.2 Å². The van der Waals surface area contributed by atoms with E-state index in [-0.39, 0.29) is 9.92 Å². The summed E-state index contributed by atoms with van der Waals surface area (Å²) in [7, 11) is -3.61. The van der Waals surface area contributed by atoms with Crippen LogP contribution in [0.3, 0.4) is 0 Å². The van der Waals surface area contributed by atoms with Crippen molar-refractivity contribution in [3.8, 4) is 0 Å². The Morgan fingerprint density at radius 1 is 0.700 bits per heavy atom. The maximum absolute atomic E-state index is 12.9. The highest BCUT2D eigenvalue weighted by atomic mass is 35.5. The number of nitrogens with zero attached hydrogens (tertiary/aromatic N) is 5. The Labute approximate surface area is 187 Å². The Hall–Kier alpha value is -1.61. The fourth-order valence-corrected chi connectivity index (χ4v) is 5.71. The van der Waals surface area contributed by atoms with E-state index in [1.807, 2.05) is 12.1 Å². The molecule has 2 aromatic rings. The minimum Gasteiger partial charge on any atom is -0.355 e. The average molecular weight is 470 g/mol. The molecule has 0 aliphatic carbocycles. The predicted molar refractivity (Wildman–Crippen MR) is 120 cm³/mol. The van der Waals surface area contributed by atoms with E-state index in [2.05, 4.69) is 20.0 Å². The van der Waals surface area contributed by atoms with Gasteiger partial charge in [-0.1, -0.05) is 36.0 Å². The van der Waals surface area contributed by atoms with E-state index in [9.17, 15) is 8.42 Å². The minimum absolute atomic E-state index is 0.159. The molecule has 4 rings (SSSR count). The Morgan fingerprint density at radius 3 is 1.80 bits per heavy atom. The molecule has 30 heavy (non-hydrogen) atoms. The number of aromatic nitrogens is 2. The van der Waals surface area contributed by atoms with Crippen molar-refractivity contribution in [1.82, 2.24) is 14.5 Å². The maximum atomic E-state index is 12.9. The molecular weight excluding hydrogens is 445 g/mol. The van der Waals surface area contributed by atoms with E-state index in [1.54, 1.807) is 0 Å². The summed E-state index contributed by atoms with van der Waals surface area (Å²) in [6.45, 7) is 3.91. The van der Waals surface area contributed by atoms with Crippen LogP contribution < -0.4 is 9.80 Å². The van der Waals surface area contributed by atoms with Gasteiger partial charge in [-0.2, -0.15) is 4.31 Å². The Bertz CT molecular complexity index is 971. The normalized spacial score (nSPS) is 19.0. The third-order valence-corrected chi connectivity index (χ3v) is 8.29. The molecule has 0 spiro atoms. The standard InChI is InChI=1S/C20H25Cl2N5O2S/c21-17-6-5-16(15-18(17)22)30(28,29)27-13-11-26(12-14-27)20-8-7-19(23-24-20)25-9-3-1-2-4-10-25/h5-8,15H,1-4,9-14H2. The summed E-state index contributed by atoms with van der Waals surface area (Å²) in [5.41, 5.74) is 0. The largest absolute Gasteiger partial charge is 0.355 e. The summed E-state index contributed by atoms with van der Waals surface area (Å²) < 4.78 is 27.3. The van der Waals surface area contributed by atoms with Gasteiger partial charge in [0.05, 0.1) is 14.9 Å². The summed E-state index contributed by atoms with van der Waals surface area (Å²) in [6, 6.07) is 8.40. The van der Waals surface area contributed by atoms with Gasteiger partial charge in [-0.15, -0.1) is 10.2 Å². The molecule has 162 valence electrons. The van der Waals surface area contributed by atoms with Gasteiger partial charge >= 0.3 is 0 Å². The number of piperazine rings is 1. The van der Waals surface area contributed by atoms with Crippen molar-refractivity contribution in [3.63, 3.8) is 0 Å². The lowest BCUT2D eigenvalue weighted by molar-refractivity contribution is 0.383. The first-order valence-electron chi connectivity index (χ1n) is 10.2. The zero-order valence-corrected chi connectivity index (χ0v) is 19.0. The zero-order valence-electron chi connectivity index (χ0n) is 16.7. The molecule has 0 N–H and O–H groups in total. The van der Waals surface area contributed by atoms with E-state index in [0.717, 1.165) is 24.7 Å². The van der Waals surface area contributed by atoms with Crippen LogP contribution in [0.25, 0.3) is 0 Å². The Kier molecular flexibility index (Phi) is 6.67. The third kappa shape index (κ3) is 4.66. The lowest BCUT2D eigenvalue weighted by Crippen LogP contribution is -2.49. The molecule has 7 nitrogen and oxygen atoms in total. The molecule has 2 aliphatic rings. The van der Waals surface area contributed by atoms with Crippen molar-refractivity contribution < 1.29 is 8.42 Å². The zero-order chi connectivity index (χ0) is 21.1. The van der Waals surface area contributed by atoms with Gasteiger partial charge in [-0.3, -0.25) is 0 Å². The van der Waals surface area contributed by atoms with Crippen LogP contribution in [-0.4, -0.2) is 62.2 Å². The third-order valence-electron chi connectivity index (χ3n) is 5.66. The van der Waals surface area contributed by atoms with Gasteiger partial charge in [0.1, 0.15) is 0 Å². The number of hydrogen-bond donors (Lipinski definition) is 0. The molecule has 0 atom stereocenters. The van der Waals surface area contributed by atoms with E-state index in [0.29, 0.717) is 31.2 Å². The molecule has 0 amide bonds. The van der Waals surface area contributed by atoms with Crippen molar-refractivity contribution >= 4 is 44.9 Å². The topological polar surface area (TPSA) is 69.6 Å². The molecule has 1 aromatic carbocycles. The number of sulfonamides is 1. The monoisotopic (exact) mass is 469 g/mol. The molecule has 1 aromatic heterocycles. The van der Waals surface area contributed by atoms with Crippen molar-refractivity contribution in [3.05, 3.63) is 40.4 Å². The molecule has 0 unspecified atom stereocenters. The summed E-state index contributed by atoms with van der Waals surface area (Å²) in [5, 5.41) is 9.41. The van der Waals surface area contributed by atoms with Crippen LogP contribution >= 0.6 is 23.2 Å². The maximum Gasteiger partial charge on any atom is 0.243 e. The highest BCUT2D eigenvalue weighted by molar-refractivity contribution is 7.89. The molecule has 2 fully saturated rings. The summed E-state index contributed by atoms with van der Waals surface area (Å²) in [5.74, 6) is 1.70. The second-order valence-electron chi connectivity index (χ2n) is 7.62. The first-order chi connectivity index (χ1) is 14.4. The van der Waals surface area contributed by atoms with Gasteiger partial charge < -0.3 is 9.80 Å². The SMILES string of the molecule is O=S(=O)(c1ccc(Cl)c(Cl)c1)N1CCN(c2ccc(N3CCCCCC3)nn2)CC1. The van der Waals surface area contributed by atoms with E-state index in [1.165, 1.54) is 48.2 Å². The Balaban J connectivity index is 1.39. The summed E-state index contributed by atoms with van der Waals surface area (Å²) in [4.78, 5) is 4.53. The van der Waals surface area contributed by atoms with E-state index in [4.69, 9.17) is 23.2 Å². The summed E-state index contributed by atoms with van der Waals surface area (Å²) in [6.07, 6.45) is 4.94. The molecule has 0 radical (unpaired) electrons. The molecule has 10 heteroatoms. The van der Waals surface area contributed by atoms with Gasteiger partial charge in [0.25, 0.3) is 0 Å². The summed E-state index contributed by atoms with van der Waals surface area (Å²) >= 11 is 11.9. The first kappa shape index (κ1) is 21.6. The highest BCUT2D eigenvalue weighted by Crippen LogP contribution is 2.27. The van der Waals surface area contributed by atoms with Crippen LogP contribution in [0, 0.1) is 0 Å². The number of anilines is 2. The van der Waals surface area contributed by atoms with Gasteiger partial charge in [-0.25, -0.2) is 8.42 Å². The van der Waals surface area contributed by atoms with Crippen LogP contribution in [0.5, 0.6) is 0 Å². The second kappa shape index (κ2) is 9.26. The average Bonchev–Trinajstić information content (AvgIpc) is 3.05. The first-order valence-corrected chi connectivity index (χ1v) is 12.4. The van der Waals surface area contributed by atoms with Gasteiger partial charge in [0.2, 0.25) is 10.0 Å². The second-order valence-corrected chi connectivity index (χ2v) is 10.4. The van der Waals surface area contributed by atoms with E-state index < -0.39 is 10.0 Å². The van der Waals surface area contributed by atoms with Gasteiger partial charge in [0.15, 0.2) is 11.6 Å². The predicted octanol–water partition coefficient (Wildman–Crippen LogP) is 3.67. The van der Waals surface area contributed by atoms with Gasteiger partial charge in [0, 0.05) is 39.3 Å². The number of halogens is 2. The Morgan fingerprint density at radius 2 is 1.27 bits per heavy atom. The lowest BCUT2D eigenvalue weighted by atomic mass is 10.2. The fraction of sp³-hybridized carbons (Fsp3) is 0.500. The van der Waals surface area contributed by atoms with Crippen LogP contribution in [0.1, 0.15) is 25.7 Å². The molecule has 2 saturated heterocycles. The molecule has 0 saturated carbocycles. The molecule has 3 heterocycles. The lowest BCUT2D eigenvalue weighted by Gasteiger charge is -2.34. The van der Waals surface area contributed by atoms with Crippen molar-refractivity contribution in [2.24, 2.45) is 0 Å².